The van der Waals surface area contributed by atoms with Crippen molar-refractivity contribution in [1.82, 2.24) is 0 Å². The minimum Gasteiger partial charge on any atom is -0.504 e. The van der Waals surface area contributed by atoms with Crippen molar-refractivity contribution in [3.63, 3.8) is 0 Å². The number of carbonyl (C=O) groups is 3. The molecule has 0 fully saturated rings. The average Bonchev–Trinajstić information content (AvgIpc) is 2.60. The topological polar surface area (TPSA) is 202 Å². The van der Waals surface area contributed by atoms with Crippen LogP contribution in [-0.4, -0.2) is 72.0 Å². The number of esters is 1. The number of carboxylic acids is 2. The van der Waals surface area contributed by atoms with E-state index >= 15 is 0 Å². The number of hydrogen-bond acceptors (Lipinski definition) is 9. The Morgan fingerprint density at radius 3 is 2.15 bits per heavy atom. The molecule has 0 spiro atoms. The summed E-state index contributed by atoms with van der Waals surface area (Å²) in [4.78, 5) is 33.2. The third kappa shape index (κ3) is 6.34. The van der Waals surface area contributed by atoms with Gasteiger partial charge in [-0.1, -0.05) is 6.07 Å². The van der Waals surface area contributed by atoms with Gasteiger partial charge >= 0.3 is 17.9 Å². The molecule has 1 rings (SSSR count). The molecule has 0 saturated heterocycles. The Labute approximate surface area is 151 Å². The lowest BCUT2D eigenvalue weighted by molar-refractivity contribution is -0.164. The highest BCUT2D eigenvalue weighted by Gasteiger charge is 2.33. The first kappa shape index (κ1) is 21.5. The third-order valence-corrected chi connectivity index (χ3v) is 3.12. The lowest BCUT2D eigenvalue weighted by Gasteiger charge is -2.21. The predicted octanol–water partition coefficient (Wildman–Crippen LogP) is -0.644. The second-order valence-corrected chi connectivity index (χ2v) is 5.11. The maximum atomic E-state index is 11.8. The van der Waals surface area contributed by atoms with Crippen molar-refractivity contribution in [2.75, 3.05) is 0 Å². The second kappa shape index (κ2) is 9.22. The van der Waals surface area contributed by atoms with Gasteiger partial charge in [0, 0.05) is 12.2 Å². The maximum Gasteiger partial charge on any atom is 0.370 e. The third-order valence-electron chi connectivity index (χ3n) is 3.12. The van der Waals surface area contributed by atoms with Gasteiger partial charge in [-0.2, -0.15) is 0 Å². The molecule has 0 aromatic heterocycles. The number of carboxylic acid groups (broad SMARTS) is 2. The van der Waals surface area contributed by atoms with Crippen LogP contribution in [0.15, 0.2) is 36.1 Å². The molecule has 0 radical (unpaired) electrons. The summed E-state index contributed by atoms with van der Waals surface area (Å²) >= 11 is 0. The fraction of sp³-hybridized carbons (Fsp3) is 0.188. The van der Waals surface area contributed by atoms with Gasteiger partial charge in [0.15, 0.2) is 23.7 Å². The number of carbonyl (C=O) groups excluding carboxylic acids is 1. The summed E-state index contributed by atoms with van der Waals surface area (Å²) in [5, 5.41) is 64.1. The van der Waals surface area contributed by atoms with Crippen LogP contribution in [0.5, 0.6) is 11.5 Å². The van der Waals surface area contributed by atoms with Crippen molar-refractivity contribution >= 4 is 24.0 Å². The molecule has 27 heavy (non-hydrogen) atoms. The van der Waals surface area contributed by atoms with Crippen LogP contribution in [0.2, 0.25) is 0 Å². The number of ether oxygens (including phenoxy) is 1. The molecule has 7 N–H and O–H groups in total. The monoisotopic (exact) mass is 384 g/mol. The van der Waals surface area contributed by atoms with Crippen LogP contribution in [0.4, 0.5) is 0 Å². The van der Waals surface area contributed by atoms with Crippen LogP contribution in [0.25, 0.3) is 6.08 Å². The lowest BCUT2D eigenvalue weighted by Crippen LogP contribution is -2.43. The molecule has 0 aliphatic carbocycles. The molecule has 1 aromatic rings. The molecular formula is C16H16O11. The fourth-order valence-electron chi connectivity index (χ4n) is 1.74. The SMILES string of the molecule is O=C(/C=C/c1ccc(O)c(O)c1)OC(/C=C(\O)C(=O)O)C(O)C(O)C(=O)O. The van der Waals surface area contributed by atoms with Crippen LogP contribution in [0, 0.1) is 0 Å². The van der Waals surface area contributed by atoms with E-state index in [4.69, 9.17) is 10.2 Å². The molecule has 11 nitrogen and oxygen atoms in total. The number of aromatic hydroxyl groups is 2. The number of phenols is 2. The molecule has 0 aliphatic heterocycles. The maximum absolute atomic E-state index is 11.8. The van der Waals surface area contributed by atoms with Crippen LogP contribution < -0.4 is 0 Å². The molecule has 3 unspecified atom stereocenters. The number of aliphatic hydroxyl groups excluding tert-OH is 3. The summed E-state index contributed by atoms with van der Waals surface area (Å²) < 4.78 is 4.67. The smallest absolute Gasteiger partial charge is 0.370 e. The molecule has 0 saturated carbocycles. The highest BCUT2D eigenvalue weighted by atomic mass is 16.6. The molecule has 0 heterocycles. The minimum atomic E-state index is -2.43. The Bertz CT molecular complexity index is 781. The number of benzene rings is 1. The van der Waals surface area contributed by atoms with Gasteiger partial charge < -0.3 is 40.5 Å². The first-order chi connectivity index (χ1) is 12.5. The molecule has 1 aromatic carbocycles. The molecule has 0 aliphatic rings. The largest absolute Gasteiger partial charge is 0.504 e. The molecule has 0 amide bonds. The summed E-state index contributed by atoms with van der Waals surface area (Å²) in [6, 6.07) is 3.58. The van der Waals surface area contributed by atoms with E-state index < -0.39 is 53.5 Å². The normalized spacial score (nSPS) is 15.1. The van der Waals surface area contributed by atoms with Crippen molar-refractivity contribution in [1.29, 1.82) is 0 Å². The average molecular weight is 384 g/mol. The highest BCUT2D eigenvalue weighted by molar-refractivity contribution is 5.88. The van der Waals surface area contributed by atoms with Gasteiger partial charge in [-0.05, 0) is 23.8 Å². The van der Waals surface area contributed by atoms with E-state index in [1.54, 1.807) is 0 Å². The van der Waals surface area contributed by atoms with E-state index in [9.17, 15) is 39.9 Å². The van der Waals surface area contributed by atoms with Gasteiger partial charge in [0.05, 0.1) is 0 Å². The Morgan fingerprint density at radius 1 is 1.00 bits per heavy atom. The first-order valence-corrected chi connectivity index (χ1v) is 7.16. The van der Waals surface area contributed by atoms with Crippen molar-refractivity contribution in [3.8, 4) is 11.5 Å². The summed E-state index contributed by atoms with van der Waals surface area (Å²) in [6.45, 7) is 0. The van der Waals surface area contributed by atoms with Gasteiger partial charge in [0.2, 0.25) is 5.76 Å². The summed E-state index contributed by atoms with van der Waals surface area (Å²) in [7, 11) is 0. The summed E-state index contributed by atoms with van der Waals surface area (Å²) in [5.74, 6) is -7.12. The lowest BCUT2D eigenvalue weighted by atomic mass is 10.1. The Morgan fingerprint density at radius 2 is 1.63 bits per heavy atom. The highest BCUT2D eigenvalue weighted by Crippen LogP contribution is 2.25. The molecule has 3 atom stereocenters. The number of phenolic OH excluding ortho intramolecular Hbond substituents is 2. The van der Waals surface area contributed by atoms with Gasteiger partial charge in [-0.25, -0.2) is 14.4 Å². The van der Waals surface area contributed by atoms with E-state index in [1.165, 1.54) is 6.07 Å². The fourth-order valence-corrected chi connectivity index (χ4v) is 1.74. The molecule has 146 valence electrons. The number of rotatable bonds is 8. The standard InChI is InChI=1S/C16H16O11/c17-8-3-1-7(5-9(8)18)2-4-12(20)27-11(6-10(19)15(23)24)13(21)14(22)16(25)26/h1-6,11,13-14,17-19,21-22H,(H,23,24)(H,25,26)/b4-2+,10-6-. The van der Waals surface area contributed by atoms with Crippen LogP contribution in [0.1, 0.15) is 5.56 Å². The zero-order chi connectivity index (χ0) is 20.7. The summed E-state index contributed by atoms with van der Waals surface area (Å²) in [6.07, 6.45) is -4.46. The van der Waals surface area contributed by atoms with E-state index in [0.717, 1.165) is 24.3 Å². The molecule has 0 bridgehead atoms. The van der Waals surface area contributed by atoms with Crippen molar-refractivity contribution in [2.24, 2.45) is 0 Å². The van der Waals surface area contributed by atoms with E-state index in [-0.39, 0.29) is 5.56 Å². The van der Waals surface area contributed by atoms with E-state index in [2.05, 4.69) is 4.74 Å². The van der Waals surface area contributed by atoms with E-state index in [0.29, 0.717) is 6.08 Å². The molecular weight excluding hydrogens is 368 g/mol. The quantitative estimate of drug-likeness (QED) is 0.130. The zero-order valence-electron chi connectivity index (χ0n) is 13.5. The molecule has 11 heteroatoms. The van der Waals surface area contributed by atoms with Gasteiger partial charge in [-0.15, -0.1) is 0 Å². The predicted molar refractivity (Wildman–Crippen MR) is 86.7 cm³/mol. The van der Waals surface area contributed by atoms with Crippen molar-refractivity contribution < 1.29 is 54.9 Å². The minimum absolute atomic E-state index is 0.258. The van der Waals surface area contributed by atoms with E-state index in [1.807, 2.05) is 0 Å². The number of hydrogen-bond donors (Lipinski definition) is 7. The van der Waals surface area contributed by atoms with Gasteiger partial charge in [0.1, 0.15) is 6.10 Å². The van der Waals surface area contributed by atoms with Crippen LogP contribution >= 0.6 is 0 Å². The second-order valence-electron chi connectivity index (χ2n) is 5.11. The Balaban J connectivity index is 2.99. The number of aliphatic carboxylic acids is 2. The Hall–Kier alpha value is -3.57. The van der Waals surface area contributed by atoms with Crippen molar-refractivity contribution in [3.05, 3.63) is 41.7 Å². The zero-order valence-corrected chi connectivity index (χ0v) is 13.5. The van der Waals surface area contributed by atoms with Gasteiger partial charge in [-0.3, -0.25) is 0 Å². The van der Waals surface area contributed by atoms with Crippen LogP contribution in [0.3, 0.4) is 0 Å². The van der Waals surface area contributed by atoms with Crippen LogP contribution in [-0.2, 0) is 19.1 Å². The number of aliphatic hydroxyl groups is 3. The Kier molecular flexibility index (Phi) is 7.33. The summed E-state index contributed by atoms with van der Waals surface area (Å²) in [5.41, 5.74) is 0.258. The van der Waals surface area contributed by atoms with Crippen molar-refractivity contribution in [2.45, 2.75) is 18.3 Å². The van der Waals surface area contributed by atoms with Gasteiger partial charge in [0.25, 0.3) is 0 Å². The first-order valence-electron chi connectivity index (χ1n) is 7.16.